The Morgan fingerprint density at radius 1 is 1.16 bits per heavy atom. The van der Waals surface area contributed by atoms with Gasteiger partial charge in [-0.05, 0) is 72.4 Å². The zero-order valence-electron chi connectivity index (χ0n) is 17.6. The van der Waals surface area contributed by atoms with Crippen molar-refractivity contribution in [3.63, 3.8) is 0 Å². The van der Waals surface area contributed by atoms with Crippen LogP contribution in [-0.2, 0) is 4.74 Å². The minimum Gasteiger partial charge on any atom is -0.444 e. The Balaban J connectivity index is 2.61. The summed E-state index contributed by atoms with van der Waals surface area (Å²) in [6.45, 7) is 17.2. The third-order valence-corrected chi connectivity index (χ3v) is 5.73. The molecule has 1 atom stereocenters. The van der Waals surface area contributed by atoms with Crippen LogP contribution in [0, 0.1) is 5.41 Å². The van der Waals surface area contributed by atoms with Gasteiger partial charge in [-0.3, -0.25) is 4.90 Å². The minimum atomic E-state index is -0.482. The summed E-state index contributed by atoms with van der Waals surface area (Å²) in [5, 5.41) is 3.01. The number of piperidine rings is 1. The van der Waals surface area contributed by atoms with Crippen molar-refractivity contribution in [2.24, 2.45) is 11.1 Å². The second-order valence-corrected chi connectivity index (χ2v) is 9.35. The SMILES string of the molecule is CCC1(CC)CCN(C(CN)CC(C)(C)NC(=O)OC(C)(C)C)CC1. The Morgan fingerprint density at radius 2 is 1.68 bits per heavy atom. The van der Waals surface area contributed by atoms with Crippen LogP contribution in [0.1, 0.15) is 80.6 Å². The van der Waals surface area contributed by atoms with Crippen LogP contribution in [0.5, 0.6) is 0 Å². The summed E-state index contributed by atoms with van der Waals surface area (Å²) in [6, 6.07) is 0.289. The van der Waals surface area contributed by atoms with Gasteiger partial charge in [-0.15, -0.1) is 0 Å². The van der Waals surface area contributed by atoms with E-state index in [1.54, 1.807) is 0 Å². The molecule has 1 aliphatic heterocycles. The zero-order valence-corrected chi connectivity index (χ0v) is 17.6. The molecule has 0 saturated carbocycles. The number of nitrogens with two attached hydrogens (primary N) is 1. The first-order chi connectivity index (χ1) is 11.5. The molecule has 25 heavy (non-hydrogen) atoms. The molecular formula is C20H41N3O2. The number of rotatable bonds is 7. The maximum absolute atomic E-state index is 12.1. The lowest BCUT2D eigenvalue weighted by Crippen LogP contribution is -2.54. The van der Waals surface area contributed by atoms with Gasteiger partial charge in [0.1, 0.15) is 5.60 Å². The number of carbonyl (C=O) groups is 1. The molecule has 1 saturated heterocycles. The summed E-state index contributed by atoms with van der Waals surface area (Å²) in [5.74, 6) is 0. The summed E-state index contributed by atoms with van der Waals surface area (Å²) in [7, 11) is 0. The molecule has 1 amide bonds. The monoisotopic (exact) mass is 355 g/mol. The average Bonchev–Trinajstić information content (AvgIpc) is 2.50. The fraction of sp³-hybridized carbons (Fsp3) is 0.950. The van der Waals surface area contributed by atoms with Gasteiger partial charge in [0.2, 0.25) is 0 Å². The standard InChI is InChI=1S/C20H41N3O2/c1-8-20(9-2)10-12-23(13-11-20)16(15-21)14-19(6,7)22-17(24)25-18(3,4)5/h16H,8-15,21H2,1-7H3,(H,22,24). The van der Waals surface area contributed by atoms with Crippen LogP contribution in [0.4, 0.5) is 4.79 Å². The largest absolute Gasteiger partial charge is 0.444 e. The van der Waals surface area contributed by atoms with Crippen molar-refractivity contribution < 1.29 is 9.53 Å². The number of carbonyl (C=O) groups excluding carboxylic acids is 1. The van der Waals surface area contributed by atoms with E-state index in [4.69, 9.17) is 10.5 Å². The topological polar surface area (TPSA) is 67.6 Å². The van der Waals surface area contributed by atoms with E-state index >= 15 is 0 Å². The second-order valence-electron chi connectivity index (χ2n) is 9.35. The van der Waals surface area contributed by atoms with Crippen molar-refractivity contribution in [1.29, 1.82) is 0 Å². The molecule has 0 aromatic rings. The van der Waals surface area contributed by atoms with Gasteiger partial charge >= 0.3 is 6.09 Å². The van der Waals surface area contributed by atoms with Crippen LogP contribution in [0.3, 0.4) is 0 Å². The van der Waals surface area contributed by atoms with E-state index in [0.717, 1.165) is 19.5 Å². The van der Waals surface area contributed by atoms with E-state index < -0.39 is 5.60 Å². The highest BCUT2D eigenvalue weighted by atomic mass is 16.6. The zero-order chi connectivity index (χ0) is 19.3. The second kappa shape index (κ2) is 8.72. The maximum Gasteiger partial charge on any atom is 0.408 e. The van der Waals surface area contributed by atoms with Gasteiger partial charge in [0.25, 0.3) is 0 Å². The van der Waals surface area contributed by atoms with Gasteiger partial charge < -0.3 is 15.8 Å². The van der Waals surface area contributed by atoms with Crippen molar-refractivity contribution in [3.8, 4) is 0 Å². The lowest BCUT2D eigenvalue weighted by Gasteiger charge is -2.45. The molecule has 5 heteroatoms. The minimum absolute atomic E-state index is 0.289. The molecule has 1 aliphatic rings. The third kappa shape index (κ3) is 7.14. The predicted molar refractivity (Wildman–Crippen MR) is 105 cm³/mol. The fourth-order valence-corrected chi connectivity index (χ4v) is 3.90. The van der Waals surface area contributed by atoms with Crippen molar-refractivity contribution in [2.45, 2.75) is 97.8 Å². The van der Waals surface area contributed by atoms with Crippen LogP contribution in [0.15, 0.2) is 0 Å². The Kier molecular flexibility index (Phi) is 7.75. The molecule has 0 aliphatic carbocycles. The maximum atomic E-state index is 12.1. The quantitative estimate of drug-likeness (QED) is 0.726. The molecular weight excluding hydrogens is 314 g/mol. The highest BCUT2D eigenvalue weighted by Gasteiger charge is 2.35. The number of hydrogen-bond acceptors (Lipinski definition) is 4. The Hall–Kier alpha value is -0.810. The van der Waals surface area contributed by atoms with Crippen molar-refractivity contribution in [2.75, 3.05) is 19.6 Å². The van der Waals surface area contributed by atoms with Crippen LogP contribution < -0.4 is 11.1 Å². The van der Waals surface area contributed by atoms with Crippen molar-refractivity contribution in [3.05, 3.63) is 0 Å². The summed E-state index contributed by atoms with van der Waals surface area (Å²) >= 11 is 0. The smallest absolute Gasteiger partial charge is 0.408 e. The molecule has 0 spiro atoms. The molecule has 0 bridgehead atoms. The van der Waals surface area contributed by atoms with Crippen LogP contribution in [0.2, 0.25) is 0 Å². The molecule has 0 radical (unpaired) electrons. The van der Waals surface area contributed by atoms with Gasteiger partial charge in [-0.1, -0.05) is 26.7 Å². The van der Waals surface area contributed by atoms with Gasteiger partial charge in [0.05, 0.1) is 0 Å². The normalized spacial score (nSPS) is 20.2. The van der Waals surface area contributed by atoms with Crippen LogP contribution in [-0.4, -0.2) is 47.8 Å². The number of alkyl carbamates (subject to hydrolysis) is 1. The van der Waals surface area contributed by atoms with E-state index in [9.17, 15) is 4.79 Å². The lowest BCUT2D eigenvalue weighted by atomic mass is 9.74. The fourth-order valence-electron chi connectivity index (χ4n) is 3.90. The summed E-state index contributed by atoms with van der Waals surface area (Å²) < 4.78 is 5.40. The molecule has 1 fully saturated rings. The first-order valence-electron chi connectivity index (χ1n) is 9.91. The first-order valence-corrected chi connectivity index (χ1v) is 9.91. The lowest BCUT2D eigenvalue weighted by molar-refractivity contribution is 0.0390. The average molecular weight is 356 g/mol. The van der Waals surface area contributed by atoms with Crippen LogP contribution >= 0.6 is 0 Å². The number of amides is 1. The Bertz CT molecular complexity index is 415. The predicted octanol–water partition coefficient (Wildman–Crippen LogP) is 3.91. The molecule has 0 aromatic heterocycles. The van der Waals surface area contributed by atoms with Gasteiger partial charge in [-0.25, -0.2) is 4.79 Å². The highest BCUT2D eigenvalue weighted by molar-refractivity contribution is 5.68. The van der Waals surface area contributed by atoms with E-state index in [0.29, 0.717) is 12.0 Å². The number of likely N-dealkylation sites (tertiary alicyclic amines) is 1. The van der Waals surface area contributed by atoms with E-state index in [1.165, 1.54) is 25.7 Å². The molecule has 1 rings (SSSR count). The molecule has 1 unspecified atom stereocenters. The van der Waals surface area contributed by atoms with E-state index in [-0.39, 0.29) is 17.7 Å². The van der Waals surface area contributed by atoms with Crippen molar-refractivity contribution in [1.82, 2.24) is 10.2 Å². The summed E-state index contributed by atoms with van der Waals surface area (Å²) in [6.07, 6.45) is 5.48. The molecule has 3 N–H and O–H groups in total. The number of nitrogens with zero attached hydrogens (tertiary/aromatic N) is 1. The Labute approximate surface area is 155 Å². The summed E-state index contributed by atoms with van der Waals surface area (Å²) in [4.78, 5) is 14.6. The van der Waals surface area contributed by atoms with Gasteiger partial charge in [0, 0.05) is 18.1 Å². The molecule has 148 valence electrons. The number of nitrogens with one attached hydrogen (secondary N) is 1. The van der Waals surface area contributed by atoms with E-state index in [2.05, 4.69) is 24.1 Å². The Morgan fingerprint density at radius 3 is 2.08 bits per heavy atom. The number of hydrogen-bond donors (Lipinski definition) is 2. The van der Waals surface area contributed by atoms with Crippen LogP contribution in [0.25, 0.3) is 0 Å². The highest BCUT2D eigenvalue weighted by Crippen LogP contribution is 2.38. The molecule has 5 nitrogen and oxygen atoms in total. The van der Waals surface area contributed by atoms with E-state index in [1.807, 2.05) is 34.6 Å². The van der Waals surface area contributed by atoms with Gasteiger partial charge in [0.15, 0.2) is 0 Å². The third-order valence-electron chi connectivity index (χ3n) is 5.73. The molecule has 0 aromatic carbocycles. The number of ether oxygens (including phenoxy) is 1. The first kappa shape index (κ1) is 22.2. The summed E-state index contributed by atoms with van der Waals surface area (Å²) in [5.41, 5.74) is 5.77. The van der Waals surface area contributed by atoms with Gasteiger partial charge in [-0.2, -0.15) is 0 Å². The van der Waals surface area contributed by atoms with Crippen molar-refractivity contribution >= 4 is 6.09 Å². The molecule has 1 heterocycles.